The number of aliphatic hydroxyl groups excluding tert-OH is 1. The van der Waals surface area contributed by atoms with Crippen LogP contribution in [0.1, 0.15) is 0 Å². The van der Waals surface area contributed by atoms with Gasteiger partial charge in [0, 0.05) is 25.2 Å². The standard InChI is InChI=1S/C8H12ClN3O2/c9-1-2-12-8(14)7(5-10)6-11-3-4-13/h6,11,13H,1-4H2,(H,12,14)/b7-6-. The van der Waals surface area contributed by atoms with E-state index in [-0.39, 0.29) is 12.2 Å². The summed E-state index contributed by atoms with van der Waals surface area (Å²) in [6, 6.07) is 1.73. The van der Waals surface area contributed by atoms with Crippen molar-refractivity contribution in [2.24, 2.45) is 0 Å². The third-order valence-corrected chi connectivity index (χ3v) is 1.44. The number of aliphatic hydroxyl groups is 1. The predicted molar refractivity (Wildman–Crippen MR) is 52.5 cm³/mol. The molecule has 0 fully saturated rings. The van der Waals surface area contributed by atoms with Gasteiger partial charge in [-0.15, -0.1) is 11.6 Å². The molecule has 0 rings (SSSR count). The van der Waals surface area contributed by atoms with E-state index >= 15 is 0 Å². The van der Waals surface area contributed by atoms with E-state index in [1.54, 1.807) is 6.07 Å². The van der Waals surface area contributed by atoms with Crippen LogP contribution in [0.5, 0.6) is 0 Å². The highest BCUT2D eigenvalue weighted by molar-refractivity contribution is 6.18. The number of carbonyl (C=O) groups is 1. The van der Waals surface area contributed by atoms with Crippen molar-refractivity contribution in [2.75, 3.05) is 25.6 Å². The lowest BCUT2D eigenvalue weighted by Crippen LogP contribution is -2.27. The van der Waals surface area contributed by atoms with Crippen molar-refractivity contribution in [1.29, 1.82) is 5.26 Å². The molecule has 0 bridgehead atoms. The lowest BCUT2D eigenvalue weighted by Gasteiger charge is -2.01. The molecule has 0 saturated carbocycles. The first-order valence-electron chi connectivity index (χ1n) is 4.05. The first kappa shape index (κ1) is 12.8. The Bertz CT molecular complexity index is 247. The molecule has 0 aliphatic rings. The van der Waals surface area contributed by atoms with Crippen LogP contribution in [0.4, 0.5) is 0 Å². The summed E-state index contributed by atoms with van der Waals surface area (Å²) in [5.41, 5.74) is -0.0384. The van der Waals surface area contributed by atoms with Crippen LogP contribution < -0.4 is 10.6 Å². The van der Waals surface area contributed by atoms with E-state index in [4.69, 9.17) is 22.0 Å². The van der Waals surface area contributed by atoms with Crippen molar-refractivity contribution < 1.29 is 9.90 Å². The normalized spacial score (nSPS) is 10.5. The van der Waals surface area contributed by atoms with Crippen LogP contribution in [-0.2, 0) is 4.79 Å². The van der Waals surface area contributed by atoms with Gasteiger partial charge >= 0.3 is 0 Å². The maximum absolute atomic E-state index is 11.2. The second-order valence-electron chi connectivity index (χ2n) is 2.29. The number of carbonyl (C=O) groups excluding carboxylic acids is 1. The highest BCUT2D eigenvalue weighted by Crippen LogP contribution is 1.89. The fourth-order valence-corrected chi connectivity index (χ4v) is 0.738. The average Bonchev–Trinajstić information content (AvgIpc) is 2.21. The van der Waals surface area contributed by atoms with Crippen LogP contribution >= 0.6 is 11.6 Å². The van der Waals surface area contributed by atoms with Gasteiger partial charge in [-0.05, 0) is 0 Å². The van der Waals surface area contributed by atoms with Gasteiger partial charge in [-0.1, -0.05) is 0 Å². The number of amides is 1. The number of nitrogens with zero attached hydrogens (tertiary/aromatic N) is 1. The minimum absolute atomic E-state index is 0.0384. The molecule has 3 N–H and O–H groups in total. The summed E-state index contributed by atoms with van der Waals surface area (Å²) in [6.45, 7) is 0.561. The Labute approximate surface area is 87.4 Å². The molecular weight excluding hydrogens is 206 g/mol. The van der Waals surface area contributed by atoms with Gasteiger partial charge < -0.3 is 15.7 Å². The number of hydrogen-bond acceptors (Lipinski definition) is 4. The van der Waals surface area contributed by atoms with Crippen molar-refractivity contribution in [3.05, 3.63) is 11.8 Å². The molecule has 0 aromatic carbocycles. The summed E-state index contributed by atoms with van der Waals surface area (Å²) < 4.78 is 0. The molecule has 0 atom stereocenters. The fraction of sp³-hybridized carbons (Fsp3) is 0.500. The van der Waals surface area contributed by atoms with E-state index in [9.17, 15) is 4.79 Å². The summed E-state index contributed by atoms with van der Waals surface area (Å²) in [6.07, 6.45) is 1.26. The molecule has 5 nitrogen and oxygen atoms in total. The van der Waals surface area contributed by atoms with Crippen LogP contribution in [0.2, 0.25) is 0 Å². The van der Waals surface area contributed by atoms with E-state index in [1.807, 2.05) is 0 Å². The van der Waals surface area contributed by atoms with Crippen LogP contribution in [0.25, 0.3) is 0 Å². The summed E-state index contributed by atoms with van der Waals surface area (Å²) >= 11 is 5.35. The third-order valence-electron chi connectivity index (χ3n) is 1.25. The molecule has 0 aliphatic heterocycles. The van der Waals surface area contributed by atoms with Gasteiger partial charge in [0.2, 0.25) is 0 Å². The summed E-state index contributed by atoms with van der Waals surface area (Å²) in [4.78, 5) is 11.2. The highest BCUT2D eigenvalue weighted by Gasteiger charge is 2.06. The first-order chi connectivity index (χ1) is 6.76. The molecular formula is C8H12ClN3O2. The molecule has 0 spiro atoms. The molecule has 0 unspecified atom stereocenters. The predicted octanol–water partition coefficient (Wildman–Crippen LogP) is -0.669. The molecule has 0 aromatic rings. The van der Waals surface area contributed by atoms with Crippen molar-refractivity contribution in [1.82, 2.24) is 10.6 Å². The Morgan fingerprint density at radius 1 is 1.57 bits per heavy atom. The van der Waals surface area contributed by atoms with Crippen LogP contribution in [-0.4, -0.2) is 36.6 Å². The van der Waals surface area contributed by atoms with Gasteiger partial charge in [0.25, 0.3) is 5.91 Å². The average molecular weight is 218 g/mol. The molecule has 6 heteroatoms. The molecule has 1 amide bonds. The monoisotopic (exact) mass is 217 g/mol. The topological polar surface area (TPSA) is 85.2 Å². The largest absolute Gasteiger partial charge is 0.395 e. The van der Waals surface area contributed by atoms with Crippen molar-refractivity contribution in [3.8, 4) is 6.07 Å². The van der Waals surface area contributed by atoms with E-state index in [0.717, 1.165) is 0 Å². The Morgan fingerprint density at radius 2 is 2.29 bits per heavy atom. The van der Waals surface area contributed by atoms with Crippen LogP contribution in [0.3, 0.4) is 0 Å². The highest BCUT2D eigenvalue weighted by atomic mass is 35.5. The van der Waals surface area contributed by atoms with Gasteiger partial charge in [-0.3, -0.25) is 4.79 Å². The number of rotatable bonds is 6. The van der Waals surface area contributed by atoms with Gasteiger partial charge in [0.15, 0.2) is 0 Å². The van der Waals surface area contributed by atoms with Crippen LogP contribution in [0, 0.1) is 11.3 Å². The van der Waals surface area contributed by atoms with E-state index in [0.29, 0.717) is 19.0 Å². The second-order valence-corrected chi connectivity index (χ2v) is 2.67. The zero-order chi connectivity index (χ0) is 10.8. The summed E-state index contributed by atoms with van der Waals surface area (Å²) in [7, 11) is 0. The Kier molecular flexibility index (Phi) is 7.61. The van der Waals surface area contributed by atoms with E-state index in [2.05, 4.69) is 10.6 Å². The number of halogens is 1. The molecule has 0 saturated heterocycles. The quantitative estimate of drug-likeness (QED) is 0.239. The second kappa shape index (κ2) is 8.35. The lowest BCUT2D eigenvalue weighted by molar-refractivity contribution is -0.117. The zero-order valence-corrected chi connectivity index (χ0v) is 8.34. The Morgan fingerprint density at radius 3 is 2.79 bits per heavy atom. The molecule has 14 heavy (non-hydrogen) atoms. The van der Waals surface area contributed by atoms with Crippen molar-refractivity contribution >= 4 is 17.5 Å². The lowest BCUT2D eigenvalue weighted by atomic mass is 10.3. The molecule has 0 radical (unpaired) electrons. The van der Waals surface area contributed by atoms with E-state index in [1.165, 1.54) is 6.20 Å². The fourth-order valence-electron chi connectivity index (χ4n) is 0.643. The smallest absolute Gasteiger partial charge is 0.263 e. The Hall–Kier alpha value is -1.25. The Balaban J connectivity index is 4.06. The van der Waals surface area contributed by atoms with Crippen LogP contribution in [0.15, 0.2) is 11.8 Å². The molecule has 78 valence electrons. The number of hydrogen-bond donors (Lipinski definition) is 3. The summed E-state index contributed by atoms with van der Waals surface area (Å²) in [5.74, 6) is -0.173. The SMILES string of the molecule is N#C/C(=C/NCCO)C(=O)NCCCl. The van der Waals surface area contributed by atoms with E-state index < -0.39 is 5.91 Å². The number of nitrogens with one attached hydrogen (secondary N) is 2. The minimum Gasteiger partial charge on any atom is -0.395 e. The number of alkyl halides is 1. The first-order valence-corrected chi connectivity index (χ1v) is 4.58. The summed E-state index contributed by atoms with van der Waals surface area (Å²) in [5, 5.41) is 22.1. The maximum Gasteiger partial charge on any atom is 0.263 e. The van der Waals surface area contributed by atoms with Gasteiger partial charge in [0.05, 0.1) is 6.61 Å². The van der Waals surface area contributed by atoms with Gasteiger partial charge in [-0.25, -0.2) is 0 Å². The van der Waals surface area contributed by atoms with Crippen molar-refractivity contribution in [2.45, 2.75) is 0 Å². The molecule has 0 aliphatic carbocycles. The molecule has 0 aromatic heterocycles. The zero-order valence-electron chi connectivity index (χ0n) is 7.59. The maximum atomic E-state index is 11.2. The third kappa shape index (κ3) is 5.41. The minimum atomic E-state index is -0.474. The molecule has 0 heterocycles. The number of nitriles is 1. The van der Waals surface area contributed by atoms with Gasteiger partial charge in [-0.2, -0.15) is 5.26 Å². The van der Waals surface area contributed by atoms with Crippen molar-refractivity contribution in [3.63, 3.8) is 0 Å². The van der Waals surface area contributed by atoms with Gasteiger partial charge in [0.1, 0.15) is 11.6 Å².